The van der Waals surface area contributed by atoms with Crippen LogP contribution in [0.1, 0.15) is 32.4 Å². The fourth-order valence-corrected chi connectivity index (χ4v) is 1.77. The molecule has 2 amide bonds. The standard InChI is InChI=1S/C15H21N3O6/c1-15(2,3)24-14(20)17-12(11-7-5-4-6-8-11)13(19)16-9-10-23-18(21)22/h4-8,12H,9-10H2,1-3H3,(H,16,19)(H,17,20)/t12-/m0/s1. The molecule has 1 atom stereocenters. The second-order valence-electron chi connectivity index (χ2n) is 5.84. The van der Waals surface area contributed by atoms with Crippen LogP contribution >= 0.6 is 0 Å². The van der Waals surface area contributed by atoms with E-state index in [1.54, 1.807) is 51.1 Å². The minimum atomic E-state index is -0.989. The second kappa shape index (κ2) is 8.70. The van der Waals surface area contributed by atoms with Gasteiger partial charge in [-0.15, -0.1) is 10.1 Å². The molecule has 0 bridgehead atoms. The maximum Gasteiger partial charge on any atom is 0.408 e. The van der Waals surface area contributed by atoms with Gasteiger partial charge in [-0.25, -0.2) is 4.79 Å². The zero-order chi connectivity index (χ0) is 18.2. The number of carbonyl (C=O) groups excluding carboxylic acids is 2. The van der Waals surface area contributed by atoms with E-state index in [4.69, 9.17) is 4.74 Å². The molecule has 0 radical (unpaired) electrons. The number of ether oxygens (including phenoxy) is 1. The average molecular weight is 339 g/mol. The number of hydrogen-bond acceptors (Lipinski definition) is 6. The number of carbonyl (C=O) groups is 2. The summed E-state index contributed by atoms with van der Waals surface area (Å²) >= 11 is 0. The lowest BCUT2D eigenvalue weighted by molar-refractivity contribution is -0.757. The van der Waals surface area contributed by atoms with Crippen molar-refractivity contribution in [3.05, 3.63) is 46.0 Å². The molecule has 1 aromatic carbocycles. The lowest BCUT2D eigenvalue weighted by Gasteiger charge is -2.23. The summed E-state index contributed by atoms with van der Waals surface area (Å²) < 4.78 is 5.15. The van der Waals surface area contributed by atoms with Gasteiger partial charge in [-0.1, -0.05) is 30.3 Å². The van der Waals surface area contributed by atoms with E-state index in [0.29, 0.717) is 5.56 Å². The molecule has 0 unspecified atom stereocenters. The number of nitrogens with zero attached hydrogens (tertiary/aromatic N) is 1. The van der Waals surface area contributed by atoms with Crippen LogP contribution in [0, 0.1) is 10.1 Å². The number of rotatable bonds is 7. The summed E-state index contributed by atoms with van der Waals surface area (Å²) in [6.45, 7) is 4.77. The van der Waals surface area contributed by atoms with E-state index in [1.807, 2.05) is 0 Å². The third kappa shape index (κ3) is 7.43. The molecule has 0 fully saturated rings. The van der Waals surface area contributed by atoms with E-state index < -0.39 is 28.7 Å². The fourth-order valence-electron chi connectivity index (χ4n) is 1.77. The van der Waals surface area contributed by atoms with E-state index in [1.165, 1.54) is 0 Å². The molecule has 0 aliphatic carbocycles. The second-order valence-corrected chi connectivity index (χ2v) is 5.84. The smallest absolute Gasteiger partial charge is 0.408 e. The maximum atomic E-state index is 12.3. The van der Waals surface area contributed by atoms with E-state index in [-0.39, 0.29) is 13.2 Å². The van der Waals surface area contributed by atoms with Gasteiger partial charge in [0.15, 0.2) is 0 Å². The van der Waals surface area contributed by atoms with Gasteiger partial charge in [0.2, 0.25) is 5.91 Å². The minimum absolute atomic E-state index is 0.0703. The van der Waals surface area contributed by atoms with Crippen molar-refractivity contribution in [3.63, 3.8) is 0 Å². The number of nitrogens with one attached hydrogen (secondary N) is 2. The Labute approximate surface area is 139 Å². The molecule has 0 aliphatic heterocycles. The molecule has 9 nitrogen and oxygen atoms in total. The largest absolute Gasteiger partial charge is 0.444 e. The van der Waals surface area contributed by atoms with Gasteiger partial charge in [-0.05, 0) is 26.3 Å². The number of hydrogen-bond donors (Lipinski definition) is 2. The van der Waals surface area contributed by atoms with Crippen LogP contribution in [0.15, 0.2) is 30.3 Å². The van der Waals surface area contributed by atoms with Crippen molar-refractivity contribution < 1.29 is 24.3 Å². The maximum absolute atomic E-state index is 12.3. The lowest BCUT2D eigenvalue weighted by Crippen LogP contribution is -2.43. The van der Waals surface area contributed by atoms with Crippen LogP contribution in [-0.2, 0) is 14.4 Å². The summed E-state index contributed by atoms with van der Waals surface area (Å²) in [4.78, 5) is 38.4. The van der Waals surface area contributed by atoms with Crippen molar-refractivity contribution >= 4 is 12.0 Å². The first kappa shape index (κ1) is 19.2. The van der Waals surface area contributed by atoms with Crippen LogP contribution in [0.2, 0.25) is 0 Å². The average Bonchev–Trinajstić information content (AvgIpc) is 2.48. The first-order valence-electron chi connectivity index (χ1n) is 7.28. The Morgan fingerprint density at radius 2 is 1.88 bits per heavy atom. The molecule has 0 saturated heterocycles. The van der Waals surface area contributed by atoms with Gasteiger partial charge < -0.3 is 20.2 Å². The van der Waals surface area contributed by atoms with Crippen LogP contribution in [0.3, 0.4) is 0 Å². The molecular weight excluding hydrogens is 318 g/mol. The highest BCUT2D eigenvalue weighted by molar-refractivity contribution is 5.86. The van der Waals surface area contributed by atoms with E-state index in [2.05, 4.69) is 15.5 Å². The van der Waals surface area contributed by atoms with Crippen LogP contribution in [0.4, 0.5) is 4.79 Å². The Balaban J connectivity index is 2.73. The molecule has 2 N–H and O–H groups in total. The summed E-state index contributed by atoms with van der Waals surface area (Å²) in [6, 6.07) is 7.59. The van der Waals surface area contributed by atoms with Crippen molar-refractivity contribution in [2.24, 2.45) is 0 Å². The molecular formula is C15H21N3O6. The Morgan fingerprint density at radius 1 is 1.25 bits per heavy atom. The van der Waals surface area contributed by atoms with Crippen molar-refractivity contribution in [1.29, 1.82) is 0 Å². The third-order valence-electron chi connectivity index (χ3n) is 2.65. The lowest BCUT2D eigenvalue weighted by atomic mass is 10.1. The fraction of sp³-hybridized carbons (Fsp3) is 0.467. The third-order valence-corrected chi connectivity index (χ3v) is 2.65. The predicted octanol–water partition coefficient (Wildman–Crippen LogP) is 1.58. The highest BCUT2D eigenvalue weighted by atomic mass is 16.9. The van der Waals surface area contributed by atoms with E-state index in [0.717, 1.165) is 0 Å². The van der Waals surface area contributed by atoms with Gasteiger partial charge in [0, 0.05) is 6.54 Å². The molecule has 9 heteroatoms. The molecule has 0 spiro atoms. The van der Waals surface area contributed by atoms with Crippen LogP contribution in [0.25, 0.3) is 0 Å². The highest BCUT2D eigenvalue weighted by Crippen LogP contribution is 2.14. The van der Waals surface area contributed by atoms with E-state index >= 15 is 0 Å². The first-order valence-corrected chi connectivity index (χ1v) is 7.28. The SMILES string of the molecule is CC(C)(C)OC(=O)N[C@H](C(=O)NCCO[N+](=O)[O-])c1ccccc1. The minimum Gasteiger partial charge on any atom is -0.444 e. The van der Waals surface area contributed by atoms with E-state index in [9.17, 15) is 19.7 Å². The Kier molecular flexibility index (Phi) is 6.97. The zero-order valence-corrected chi connectivity index (χ0v) is 13.8. The Bertz CT molecular complexity index is 570. The summed E-state index contributed by atoms with van der Waals surface area (Å²) in [7, 11) is 0. The van der Waals surface area contributed by atoms with Crippen molar-refractivity contribution in [3.8, 4) is 0 Å². The van der Waals surface area contributed by atoms with Crippen molar-refractivity contribution in [1.82, 2.24) is 10.6 Å². The number of alkyl carbamates (subject to hydrolysis) is 1. The summed E-state index contributed by atoms with van der Waals surface area (Å²) in [5.41, 5.74) is -0.155. The highest BCUT2D eigenvalue weighted by Gasteiger charge is 2.25. The zero-order valence-electron chi connectivity index (χ0n) is 13.8. The Hall–Kier alpha value is -2.84. The molecule has 1 rings (SSSR count). The predicted molar refractivity (Wildman–Crippen MR) is 84.5 cm³/mol. The summed E-state index contributed by atoms with van der Waals surface area (Å²) in [6.07, 6.45) is -0.743. The number of benzene rings is 1. The number of amides is 2. The van der Waals surface area contributed by atoms with Crippen LogP contribution in [-0.4, -0.2) is 35.8 Å². The van der Waals surface area contributed by atoms with Crippen molar-refractivity contribution in [2.75, 3.05) is 13.2 Å². The quantitative estimate of drug-likeness (QED) is 0.442. The van der Waals surface area contributed by atoms with Crippen molar-refractivity contribution in [2.45, 2.75) is 32.4 Å². The molecule has 0 aliphatic rings. The first-order chi connectivity index (χ1) is 11.2. The van der Waals surface area contributed by atoms with Gasteiger partial charge in [-0.2, -0.15) is 0 Å². The summed E-state index contributed by atoms with van der Waals surface area (Å²) in [5, 5.41) is 14.1. The molecule has 0 heterocycles. The van der Waals surface area contributed by atoms with Gasteiger partial charge in [0.1, 0.15) is 18.2 Å². The van der Waals surface area contributed by atoms with Gasteiger partial charge >= 0.3 is 6.09 Å². The van der Waals surface area contributed by atoms with Gasteiger partial charge in [0.25, 0.3) is 5.09 Å². The molecule has 132 valence electrons. The summed E-state index contributed by atoms with van der Waals surface area (Å²) in [5.74, 6) is -0.529. The topological polar surface area (TPSA) is 120 Å². The molecule has 0 aromatic heterocycles. The molecule has 24 heavy (non-hydrogen) atoms. The Morgan fingerprint density at radius 3 is 2.42 bits per heavy atom. The monoisotopic (exact) mass is 339 g/mol. The van der Waals surface area contributed by atoms with Crippen LogP contribution in [0.5, 0.6) is 0 Å². The normalized spacial score (nSPS) is 12.0. The van der Waals surface area contributed by atoms with Gasteiger partial charge in [0.05, 0.1) is 0 Å². The van der Waals surface area contributed by atoms with Gasteiger partial charge in [-0.3, -0.25) is 4.79 Å². The van der Waals surface area contributed by atoms with Crippen LogP contribution < -0.4 is 10.6 Å². The molecule has 1 aromatic rings. The molecule has 0 saturated carbocycles.